The molecule has 1 aromatic rings. The molecular weight excluding hydrogens is 352 g/mol. The maximum Gasteiger partial charge on any atom is 0.246 e. The van der Waals surface area contributed by atoms with E-state index in [9.17, 15) is 14.7 Å². The van der Waals surface area contributed by atoms with Crippen molar-refractivity contribution >= 4 is 11.8 Å². The highest BCUT2D eigenvalue weighted by Gasteiger charge is 2.28. The van der Waals surface area contributed by atoms with Gasteiger partial charge in [-0.15, -0.1) is 0 Å². The Labute approximate surface area is 158 Å². The number of benzene rings is 1. The van der Waals surface area contributed by atoms with Gasteiger partial charge in [0.15, 0.2) is 0 Å². The number of carbonyl (C=O) groups is 2. The van der Waals surface area contributed by atoms with Gasteiger partial charge in [-0.05, 0) is 6.07 Å². The third-order valence-corrected chi connectivity index (χ3v) is 4.12. The smallest absolute Gasteiger partial charge is 0.246 e. The third-order valence-electron chi connectivity index (χ3n) is 4.12. The summed E-state index contributed by atoms with van der Waals surface area (Å²) in [6.07, 6.45) is 2.46. The number of ether oxygens (including phenoxy) is 3. The summed E-state index contributed by atoms with van der Waals surface area (Å²) in [7, 11) is 3.01. The van der Waals surface area contributed by atoms with E-state index in [1.165, 1.54) is 7.11 Å². The van der Waals surface area contributed by atoms with E-state index >= 15 is 0 Å². The van der Waals surface area contributed by atoms with Crippen LogP contribution >= 0.6 is 0 Å². The largest absolute Gasteiger partial charge is 0.496 e. The molecule has 2 rings (SSSR count). The molecule has 0 aliphatic carbocycles. The minimum atomic E-state index is -0.622. The zero-order chi connectivity index (χ0) is 19.6. The van der Waals surface area contributed by atoms with E-state index in [0.717, 1.165) is 5.56 Å². The lowest BCUT2D eigenvalue weighted by Crippen LogP contribution is -2.49. The van der Waals surface area contributed by atoms with Crippen LogP contribution in [0.15, 0.2) is 36.4 Å². The first-order chi connectivity index (χ1) is 13.1. The predicted molar refractivity (Wildman–Crippen MR) is 98.2 cm³/mol. The second kappa shape index (κ2) is 10.7. The van der Waals surface area contributed by atoms with Crippen molar-refractivity contribution in [1.29, 1.82) is 0 Å². The Hall–Kier alpha value is -2.42. The Kier molecular flexibility index (Phi) is 8.25. The second-order valence-corrected chi connectivity index (χ2v) is 6.10. The highest BCUT2D eigenvalue weighted by molar-refractivity contribution is 5.78. The van der Waals surface area contributed by atoms with Crippen LogP contribution in [-0.2, 0) is 25.6 Å². The van der Waals surface area contributed by atoms with Gasteiger partial charge in [-0.3, -0.25) is 9.59 Å². The van der Waals surface area contributed by atoms with Crippen LogP contribution < -0.4 is 15.4 Å². The Balaban J connectivity index is 1.86. The number of nitrogens with one attached hydrogen (secondary N) is 2. The van der Waals surface area contributed by atoms with E-state index in [4.69, 9.17) is 14.2 Å². The monoisotopic (exact) mass is 378 g/mol. The van der Waals surface area contributed by atoms with Gasteiger partial charge in [0.05, 0.1) is 32.3 Å². The Morgan fingerprint density at radius 2 is 1.96 bits per heavy atom. The summed E-state index contributed by atoms with van der Waals surface area (Å²) in [5.41, 5.74) is 0.877. The van der Waals surface area contributed by atoms with Crippen LogP contribution in [0, 0.1) is 0 Å². The van der Waals surface area contributed by atoms with Gasteiger partial charge in [0.2, 0.25) is 11.8 Å². The van der Waals surface area contributed by atoms with Crippen LogP contribution in [-0.4, -0.2) is 62.6 Å². The van der Waals surface area contributed by atoms with Gasteiger partial charge in [-0.2, -0.15) is 0 Å². The molecule has 0 spiro atoms. The summed E-state index contributed by atoms with van der Waals surface area (Å²) in [4.78, 5) is 23.8. The molecule has 1 aliphatic rings. The topological polar surface area (TPSA) is 106 Å². The molecule has 0 bridgehead atoms. The third kappa shape index (κ3) is 6.35. The molecule has 8 nitrogen and oxygen atoms in total. The first kappa shape index (κ1) is 20.9. The molecule has 1 heterocycles. The van der Waals surface area contributed by atoms with Crippen LogP contribution in [0.5, 0.6) is 5.75 Å². The van der Waals surface area contributed by atoms with E-state index in [2.05, 4.69) is 10.6 Å². The van der Waals surface area contributed by atoms with Gasteiger partial charge < -0.3 is 30.0 Å². The predicted octanol–water partition coefficient (Wildman–Crippen LogP) is 0.149. The molecule has 0 unspecified atom stereocenters. The zero-order valence-corrected chi connectivity index (χ0v) is 15.5. The average molecular weight is 378 g/mol. The SMILES string of the molecule is COCC(=O)N[C@@H]1C=C[C@H](CC(=O)NCc2ccccc2OC)O[C@H]1CO. The normalized spacial score (nSPS) is 21.5. The summed E-state index contributed by atoms with van der Waals surface area (Å²) >= 11 is 0. The van der Waals surface area contributed by atoms with Crippen molar-refractivity contribution in [3.05, 3.63) is 42.0 Å². The van der Waals surface area contributed by atoms with E-state index in [0.29, 0.717) is 12.3 Å². The minimum absolute atomic E-state index is 0.0722. The molecule has 0 saturated carbocycles. The highest BCUT2D eigenvalue weighted by atomic mass is 16.5. The Bertz CT molecular complexity index is 663. The number of methoxy groups -OCH3 is 2. The standard InChI is InChI=1S/C19H26N2O6/c1-25-12-19(24)21-15-8-7-14(27-17(15)11-22)9-18(23)20-10-13-5-3-4-6-16(13)26-2/h3-8,14-15,17,22H,9-12H2,1-2H3,(H,20,23)(H,21,24)/t14-,15-,17+/m1/s1. The number of para-hydroxylation sites is 1. The van der Waals surface area contributed by atoms with Crippen molar-refractivity contribution < 1.29 is 28.9 Å². The molecule has 0 fully saturated rings. The summed E-state index contributed by atoms with van der Waals surface area (Å²) in [5.74, 6) is 0.220. The molecule has 27 heavy (non-hydrogen) atoms. The quantitative estimate of drug-likeness (QED) is 0.528. The van der Waals surface area contributed by atoms with Crippen LogP contribution in [0.1, 0.15) is 12.0 Å². The van der Waals surface area contributed by atoms with Crippen molar-refractivity contribution in [2.75, 3.05) is 27.4 Å². The summed E-state index contributed by atoms with van der Waals surface area (Å²) < 4.78 is 15.7. The number of aliphatic hydroxyl groups excluding tert-OH is 1. The molecule has 148 valence electrons. The molecule has 8 heteroatoms. The van der Waals surface area contributed by atoms with Gasteiger partial charge in [0, 0.05) is 19.2 Å². The van der Waals surface area contributed by atoms with Gasteiger partial charge in [0.1, 0.15) is 18.5 Å². The summed E-state index contributed by atoms with van der Waals surface area (Å²) in [6.45, 7) is -0.00270. The first-order valence-corrected chi connectivity index (χ1v) is 8.69. The summed E-state index contributed by atoms with van der Waals surface area (Å²) in [6, 6.07) is 6.98. The average Bonchev–Trinajstić information content (AvgIpc) is 2.68. The number of hydrogen-bond donors (Lipinski definition) is 3. The lowest BCUT2D eigenvalue weighted by Gasteiger charge is -2.31. The van der Waals surface area contributed by atoms with E-state index in [1.807, 2.05) is 24.3 Å². The van der Waals surface area contributed by atoms with Crippen molar-refractivity contribution in [2.45, 2.75) is 31.2 Å². The molecule has 3 N–H and O–H groups in total. The molecular formula is C19H26N2O6. The second-order valence-electron chi connectivity index (χ2n) is 6.10. The molecule has 0 radical (unpaired) electrons. The highest BCUT2D eigenvalue weighted by Crippen LogP contribution is 2.18. The van der Waals surface area contributed by atoms with Crippen molar-refractivity contribution in [3.63, 3.8) is 0 Å². The Morgan fingerprint density at radius 3 is 2.67 bits per heavy atom. The molecule has 2 amide bonds. The lowest BCUT2D eigenvalue weighted by molar-refractivity contribution is -0.130. The molecule has 3 atom stereocenters. The lowest BCUT2D eigenvalue weighted by atomic mass is 10.0. The fraction of sp³-hybridized carbons (Fsp3) is 0.474. The maximum absolute atomic E-state index is 12.2. The van der Waals surface area contributed by atoms with Crippen molar-refractivity contribution in [2.24, 2.45) is 0 Å². The van der Waals surface area contributed by atoms with Crippen LogP contribution in [0.3, 0.4) is 0 Å². The van der Waals surface area contributed by atoms with Crippen LogP contribution in [0.4, 0.5) is 0 Å². The fourth-order valence-electron chi connectivity index (χ4n) is 2.79. The van der Waals surface area contributed by atoms with Gasteiger partial charge >= 0.3 is 0 Å². The number of amides is 2. The molecule has 1 aromatic carbocycles. The van der Waals surface area contributed by atoms with Gasteiger partial charge in [0.25, 0.3) is 0 Å². The van der Waals surface area contributed by atoms with Crippen molar-refractivity contribution in [3.8, 4) is 5.75 Å². The number of hydrogen-bond acceptors (Lipinski definition) is 6. The van der Waals surface area contributed by atoms with E-state index in [1.54, 1.807) is 19.3 Å². The summed E-state index contributed by atoms with van der Waals surface area (Å²) in [5, 5.41) is 15.0. The maximum atomic E-state index is 12.2. The first-order valence-electron chi connectivity index (χ1n) is 8.69. The zero-order valence-electron chi connectivity index (χ0n) is 15.5. The number of carbonyl (C=O) groups excluding carboxylic acids is 2. The van der Waals surface area contributed by atoms with Gasteiger partial charge in [-0.1, -0.05) is 30.4 Å². The molecule has 0 saturated heterocycles. The minimum Gasteiger partial charge on any atom is -0.496 e. The van der Waals surface area contributed by atoms with Crippen molar-refractivity contribution in [1.82, 2.24) is 10.6 Å². The number of rotatable bonds is 9. The number of aliphatic hydroxyl groups is 1. The molecule has 0 aromatic heterocycles. The fourth-order valence-corrected chi connectivity index (χ4v) is 2.79. The van der Waals surface area contributed by atoms with Crippen LogP contribution in [0.25, 0.3) is 0 Å². The molecule has 1 aliphatic heterocycles. The Morgan fingerprint density at radius 1 is 1.19 bits per heavy atom. The van der Waals surface area contributed by atoms with E-state index < -0.39 is 18.2 Å². The van der Waals surface area contributed by atoms with Crippen LogP contribution in [0.2, 0.25) is 0 Å². The van der Waals surface area contributed by atoms with E-state index in [-0.39, 0.29) is 31.4 Å². The van der Waals surface area contributed by atoms with Gasteiger partial charge in [-0.25, -0.2) is 0 Å².